The number of benzene rings is 2. The van der Waals surface area contributed by atoms with Crippen LogP contribution in [-0.2, 0) is 19.6 Å². The first kappa shape index (κ1) is 21.8. The van der Waals surface area contributed by atoms with Crippen molar-refractivity contribution >= 4 is 11.2 Å². The summed E-state index contributed by atoms with van der Waals surface area (Å²) in [5.41, 5.74) is 1.51. The SMILES string of the molecule is N#CCC[C@@H](C#N)Cn1c(=O)c2c(ncn2Cc2ccccc2)n(Cc2ccccc2)c1=O. The highest BCUT2D eigenvalue weighted by Gasteiger charge is 2.21. The summed E-state index contributed by atoms with van der Waals surface area (Å²) >= 11 is 0. The van der Waals surface area contributed by atoms with Gasteiger partial charge in [-0.1, -0.05) is 60.7 Å². The Balaban J connectivity index is 1.87. The quantitative estimate of drug-likeness (QED) is 0.420. The minimum absolute atomic E-state index is 0.0723. The van der Waals surface area contributed by atoms with E-state index in [0.29, 0.717) is 24.1 Å². The highest BCUT2D eigenvalue weighted by Crippen LogP contribution is 2.13. The predicted molar refractivity (Wildman–Crippen MR) is 123 cm³/mol. The molecule has 0 spiro atoms. The van der Waals surface area contributed by atoms with Crippen LogP contribution in [0.2, 0.25) is 0 Å². The third-order valence-electron chi connectivity index (χ3n) is 5.55. The molecule has 164 valence electrons. The number of hydrogen-bond acceptors (Lipinski definition) is 5. The lowest BCUT2D eigenvalue weighted by molar-refractivity contribution is 0.473. The lowest BCUT2D eigenvalue weighted by Gasteiger charge is -2.14. The molecule has 4 rings (SSSR count). The first-order chi connectivity index (χ1) is 16.1. The molecule has 0 amide bonds. The van der Waals surface area contributed by atoms with Crippen molar-refractivity contribution in [2.24, 2.45) is 5.92 Å². The topological polar surface area (TPSA) is 109 Å². The highest BCUT2D eigenvalue weighted by molar-refractivity contribution is 5.70. The number of aromatic nitrogens is 4. The Morgan fingerprint density at radius 2 is 1.52 bits per heavy atom. The van der Waals surface area contributed by atoms with Crippen LogP contribution in [0, 0.1) is 28.6 Å². The Labute approximate surface area is 190 Å². The fourth-order valence-corrected chi connectivity index (χ4v) is 3.86. The standard InChI is InChI=1S/C25H22N6O2/c26-13-7-12-21(14-27)17-31-24(32)22-23(28-18-29(22)15-19-8-3-1-4-9-19)30(25(31)33)16-20-10-5-2-6-11-20/h1-6,8-11,18,21H,7,12,15-17H2/t21-/m0/s1. The molecular weight excluding hydrogens is 416 g/mol. The van der Waals surface area contributed by atoms with Gasteiger partial charge in [0, 0.05) is 19.5 Å². The molecule has 2 aromatic heterocycles. The summed E-state index contributed by atoms with van der Waals surface area (Å²) in [6, 6.07) is 23.3. The molecule has 8 heteroatoms. The fourth-order valence-electron chi connectivity index (χ4n) is 3.86. The van der Waals surface area contributed by atoms with Crippen LogP contribution in [0.1, 0.15) is 24.0 Å². The average Bonchev–Trinajstić information content (AvgIpc) is 3.26. The molecule has 0 bridgehead atoms. The zero-order valence-electron chi connectivity index (χ0n) is 18.0. The van der Waals surface area contributed by atoms with Gasteiger partial charge in [0.2, 0.25) is 0 Å². The molecular formula is C25H22N6O2. The maximum Gasteiger partial charge on any atom is 0.333 e. The molecule has 0 N–H and O–H groups in total. The van der Waals surface area contributed by atoms with Gasteiger partial charge in [-0.05, 0) is 17.5 Å². The van der Waals surface area contributed by atoms with Gasteiger partial charge >= 0.3 is 5.69 Å². The number of nitrogens with zero attached hydrogens (tertiary/aromatic N) is 6. The third kappa shape index (κ3) is 4.60. The van der Waals surface area contributed by atoms with Crippen molar-refractivity contribution in [3.8, 4) is 12.1 Å². The lowest BCUT2D eigenvalue weighted by Crippen LogP contribution is -2.42. The molecule has 4 aromatic rings. The molecule has 1 atom stereocenters. The van der Waals surface area contributed by atoms with Crippen LogP contribution < -0.4 is 11.2 Å². The van der Waals surface area contributed by atoms with E-state index >= 15 is 0 Å². The van der Waals surface area contributed by atoms with Gasteiger partial charge in [-0.3, -0.25) is 13.9 Å². The molecule has 0 radical (unpaired) electrons. The molecule has 2 aromatic carbocycles. The Bertz CT molecular complexity index is 1450. The summed E-state index contributed by atoms with van der Waals surface area (Å²) in [4.78, 5) is 31.3. The van der Waals surface area contributed by atoms with Crippen molar-refractivity contribution in [1.29, 1.82) is 10.5 Å². The third-order valence-corrected chi connectivity index (χ3v) is 5.55. The fraction of sp³-hybridized carbons (Fsp3) is 0.240. The number of hydrogen-bond donors (Lipinski definition) is 0. The average molecular weight is 438 g/mol. The van der Waals surface area contributed by atoms with E-state index in [4.69, 9.17) is 5.26 Å². The van der Waals surface area contributed by atoms with E-state index < -0.39 is 17.2 Å². The van der Waals surface area contributed by atoms with Crippen molar-refractivity contribution in [3.05, 3.63) is 99.0 Å². The Hall–Kier alpha value is -4.43. The van der Waals surface area contributed by atoms with Crippen LogP contribution >= 0.6 is 0 Å². The van der Waals surface area contributed by atoms with Crippen molar-refractivity contribution < 1.29 is 0 Å². The maximum absolute atomic E-state index is 13.5. The van der Waals surface area contributed by atoms with E-state index in [9.17, 15) is 14.9 Å². The second kappa shape index (κ2) is 9.80. The Morgan fingerprint density at radius 3 is 2.12 bits per heavy atom. The van der Waals surface area contributed by atoms with Gasteiger partial charge in [0.25, 0.3) is 5.56 Å². The van der Waals surface area contributed by atoms with Gasteiger partial charge in [0.05, 0.1) is 30.9 Å². The second-order valence-corrected chi connectivity index (χ2v) is 7.82. The first-order valence-electron chi connectivity index (χ1n) is 10.6. The molecule has 0 aliphatic rings. The zero-order chi connectivity index (χ0) is 23.2. The second-order valence-electron chi connectivity index (χ2n) is 7.82. The molecule has 0 saturated heterocycles. The molecule has 0 unspecified atom stereocenters. The van der Waals surface area contributed by atoms with Crippen LogP contribution in [0.15, 0.2) is 76.6 Å². The van der Waals surface area contributed by atoms with E-state index in [1.807, 2.05) is 66.7 Å². The molecule has 33 heavy (non-hydrogen) atoms. The van der Waals surface area contributed by atoms with Gasteiger partial charge < -0.3 is 4.57 Å². The normalized spacial score (nSPS) is 11.7. The molecule has 0 saturated carbocycles. The monoisotopic (exact) mass is 438 g/mol. The van der Waals surface area contributed by atoms with Gasteiger partial charge in [-0.2, -0.15) is 10.5 Å². The van der Waals surface area contributed by atoms with Crippen LogP contribution in [0.4, 0.5) is 0 Å². The summed E-state index contributed by atoms with van der Waals surface area (Å²) < 4.78 is 4.33. The van der Waals surface area contributed by atoms with E-state index in [2.05, 4.69) is 11.1 Å². The summed E-state index contributed by atoms with van der Waals surface area (Å²) in [6.45, 7) is 0.595. The lowest BCUT2D eigenvalue weighted by atomic mass is 10.1. The highest BCUT2D eigenvalue weighted by atomic mass is 16.2. The summed E-state index contributed by atoms with van der Waals surface area (Å²) in [7, 11) is 0. The van der Waals surface area contributed by atoms with Crippen LogP contribution in [0.5, 0.6) is 0 Å². The van der Waals surface area contributed by atoms with Crippen molar-refractivity contribution in [2.75, 3.05) is 0 Å². The largest absolute Gasteiger partial charge is 0.333 e. The summed E-state index contributed by atoms with van der Waals surface area (Å²) in [6.07, 6.45) is 2.04. The minimum atomic E-state index is -0.622. The van der Waals surface area contributed by atoms with Crippen LogP contribution in [0.25, 0.3) is 11.2 Å². The molecule has 8 nitrogen and oxygen atoms in total. The minimum Gasteiger partial charge on any atom is -0.320 e. The van der Waals surface area contributed by atoms with Crippen LogP contribution in [0.3, 0.4) is 0 Å². The molecule has 0 aliphatic heterocycles. The Kier molecular flexibility index (Phi) is 6.47. The summed E-state index contributed by atoms with van der Waals surface area (Å²) in [5.74, 6) is -0.622. The predicted octanol–water partition coefficient (Wildman–Crippen LogP) is 2.90. The maximum atomic E-state index is 13.5. The smallest absolute Gasteiger partial charge is 0.320 e. The van der Waals surface area contributed by atoms with Gasteiger partial charge in [0.1, 0.15) is 0 Å². The van der Waals surface area contributed by atoms with Crippen molar-refractivity contribution in [3.63, 3.8) is 0 Å². The van der Waals surface area contributed by atoms with Crippen LogP contribution in [-0.4, -0.2) is 18.7 Å². The Morgan fingerprint density at radius 1 is 0.879 bits per heavy atom. The molecule has 0 aliphatic carbocycles. The number of rotatable bonds is 8. The summed E-state index contributed by atoms with van der Waals surface area (Å²) in [5, 5.41) is 18.4. The van der Waals surface area contributed by atoms with E-state index in [1.54, 1.807) is 10.9 Å². The zero-order valence-corrected chi connectivity index (χ0v) is 18.0. The van der Waals surface area contributed by atoms with Gasteiger partial charge in [0.15, 0.2) is 11.2 Å². The number of imidazole rings is 1. The number of fused-ring (bicyclic) bond motifs is 1. The number of nitriles is 2. The van der Waals surface area contributed by atoms with E-state index in [-0.39, 0.29) is 19.5 Å². The van der Waals surface area contributed by atoms with Crippen molar-refractivity contribution in [1.82, 2.24) is 18.7 Å². The first-order valence-corrected chi connectivity index (χ1v) is 10.6. The van der Waals surface area contributed by atoms with E-state index in [1.165, 1.54) is 4.57 Å². The van der Waals surface area contributed by atoms with E-state index in [0.717, 1.165) is 15.7 Å². The van der Waals surface area contributed by atoms with Crippen molar-refractivity contribution in [2.45, 2.75) is 32.5 Å². The van der Waals surface area contributed by atoms with Gasteiger partial charge in [-0.25, -0.2) is 9.78 Å². The molecule has 0 fully saturated rings. The molecule has 2 heterocycles. The van der Waals surface area contributed by atoms with Gasteiger partial charge in [-0.15, -0.1) is 0 Å².